The Labute approximate surface area is 161 Å². The van der Waals surface area contributed by atoms with Gasteiger partial charge in [-0.1, -0.05) is 0 Å². The first-order valence-electron chi connectivity index (χ1n) is 8.90. The average Bonchev–Trinajstić information content (AvgIpc) is 3.30. The minimum absolute atomic E-state index is 0.173. The van der Waals surface area contributed by atoms with Crippen LogP contribution >= 0.6 is 0 Å². The van der Waals surface area contributed by atoms with Crippen LogP contribution in [-0.4, -0.2) is 56.9 Å². The van der Waals surface area contributed by atoms with Crippen molar-refractivity contribution in [1.82, 2.24) is 24.6 Å². The zero-order chi connectivity index (χ0) is 19.5. The molecule has 0 aromatic carbocycles. The number of anilines is 2. The third kappa shape index (κ3) is 4.02. The zero-order valence-electron chi connectivity index (χ0n) is 15.5. The van der Waals surface area contributed by atoms with Crippen molar-refractivity contribution in [1.29, 1.82) is 0 Å². The van der Waals surface area contributed by atoms with Crippen LogP contribution in [0.5, 0.6) is 0 Å². The molecular weight excluding hydrogens is 362 g/mol. The second-order valence-corrected chi connectivity index (χ2v) is 6.51. The molecule has 0 atom stereocenters. The fourth-order valence-electron chi connectivity index (χ4n) is 3.01. The topological polar surface area (TPSA) is 124 Å². The summed E-state index contributed by atoms with van der Waals surface area (Å²) in [6.07, 6.45) is 4.65. The first-order chi connectivity index (χ1) is 13.6. The van der Waals surface area contributed by atoms with Crippen LogP contribution in [0.1, 0.15) is 16.2 Å². The fraction of sp³-hybridized carbons (Fsp3) is 0.333. The molecule has 0 saturated carbocycles. The molecule has 3 N–H and O–H groups in total. The molecule has 146 valence electrons. The average molecular weight is 383 g/mol. The lowest BCUT2D eigenvalue weighted by Crippen LogP contribution is -2.36. The molecular formula is C18H21N7O3. The number of hydrogen-bond donors (Lipinski definition) is 2. The van der Waals surface area contributed by atoms with Gasteiger partial charge in [0.05, 0.1) is 24.6 Å². The third-order valence-corrected chi connectivity index (χ3v) is 4.40. The summed E-state index contributed by atoms with van der Waals surface area (Å²) < 4.78 is 12.5. The molecule has 1 aliphatic heterocycles. The van der Waals surface area contributed by atoms with Crippen LogP contribution in [0.25, 0.3) is 11.5 Å². The van der Waals surface area contributed by atoms with Crippen LogP contribution in [-0.2, 0) is 18.3 Å². The van der Waals surface area contributed by atoms with E-state index in [9.17, 15) is 4.79 Å². The number of oxazole rings is 1. The number of nitrogen functional groups attached to an aromatic ring is 1. The highest BCUT2D eigenvalue weighted by Crippen LogP contribution is 2.21. The molecule has 3 aromatic heterocycles. The number of aryl methyl sites for hydroxylation is 1. The Bertz CT molecular complexity index is 975. The Hall–Kier alpha value is -3.24. The monoisotopic (exact) mass is 383 g/mol. The van der Waals surface area contributed by atoms with E-state index in [1.165, 1.54) is 6.26 Å². The number of nitrogens with zero attached hydrogens (tertiary/aromatic N) is 5. The maximum Gasteiger partial charge on any atom is 0.277 e. The Balaban J connectivity index is 1.48. The number of pyridine rings is 1. The Morgan fingerprint density at radius 2 is 2.18 bits per heavy atom. The number of nitrogens with two attached hydrogens (primary N) is 1. The molecule has 0 unspecified atom stereocenters. The SMILES string of the molecule is Cn1cc(NC(=O)c2coc(-c3ccnc(N)c3)n2)c(CN2CCOCC2)n1. The van der Waals surface area contributed by atoms with Gasteiger partial charge in [0.2, 0.25) is 5.89 Å². The molecule has 4 rings (SSSR count). The van der Waals surface area contributed by atoms with Gasteiger partial charge in [-0.3, -0.25) is 14.4 Å². The first-order valence-corrected chi connectivity index (χ1v) is 8.90. The van der Waals surface area contributed by atoms with E-state index in [2.05, 4.69) is 25.3 Å². The number of morpholine rings is 1. The maximum atomic E-state index is 12.6. The predicted molar refractivity (Wildman–Crippen MR) is 101 cm³/mol. The molecule has 10 nitrogen and oxygen atoms in total. The van der Waals surface area contributed by atoms with E-state index in [-0.39, 0.29) is 11.6 Å². The second-order valence-electron chi connectivity index (χ2n) is 6.51. The fourth-order valence-corrected chi connectivity index (χ4v) is 3.01. The van der Waals surface area contributed by atoms with E-state index >= 15 is 0 Å². The number of carbonyl (C=O) groups is 1. The van der Waals surface area contributed by atoms with Gasteiger partial charge >= 0.3 is 0 Å². The number of nitrogens with one attached hydrogen (secondary N) is 1. The summed E-state index contributed by atoms with van der Waals surface area (Å²) in [4.78, 5) is 23.1. The van der Waals surface area contributed by atoms with Gasteiger partial charge in [-0.05, 0) is 12.1 Å². The summed E-state index contributed by atoms with van der Waals surface area (Å²) >= 11 is 0. The van der Waals surface area contributed by atoms with Crippen molar-refractivity contribution in [3.05, 3.63) is 42.2 Å². The van der Waals surface area contributed by atoms with Crippen molar-refractivity contribution >= 4 is 17.4 Å². The van der Waals surface area contributed by atoms with E-state index in [4.69, 9.17) is 14.9 Å². The Morgan fingerprint density at radius 1 is 1.36 bits per heavy atom. The number of amides is 1. The summed E-state index contributed by atoms with van der Waals surface area (Å²) in [5, 5.41) is 7.34. The van der Waals surface area contributed by atoms with Crippen molar-refractivity contribution in [3.63, 3.8) is 0 Å². The van der Waals surface area contributed by atoms with Crippen molar-refractivity contribution in [2.24, 2.45) is 7.05 Å². The minimum atomic E-state index is -0.367. The van der Waals surface area contributed by atoms with Gasteiger partial charge in [-0.25, -0.2) is 9.97 Å². The summed E-state index contributed by atoms with van der Waals surface area (Å²) in [6, 6.07) is 3.35. The number of carbonyl (C=O) groups excluding carboxylic acids is 1. The van der Waals surface area contributed by atoms with Crippen LogP contribution in [0.3, 0.4) is 0 Å². The highest BCUT2D eigenvalue weighted by atomic mass is 16.5. The molecule has 0 radical (unpaired) electrons. The van der Waals surface area contributed by atoms with Crippen molar-refractivity contribution in [2.75, 3.05) is 37.4 Å². The van der Waals surface area contributed by atoms with Crippen molar-refractivity contribution in [2.45, 2.75) is 6.54 Å². The molecule has 1 aliphatic rings. The number of aromatic nitrogens is 4. The summed E-state index contributed by atoms with van der Waals surface area (Å²) in [5.41, 5.74) is 7.95. The van der Waals surface area contributed by atoms with Crippen LogP contribution in [0.2, 0.25) is 0 Å². The van der Waals surface area contributed by atoms with Gasteiger partial charge in [0.15, 0.2) is 5.69 Å². The van der Waals surface area contributed by atoms with Gasteiger partial charge in [-0.15, -0.1) is 0 Å². The van der Waals surface area contributed by atoms with Crippen LogP contribution in [0.15, 0.2) is 35.2 Å². The lowest BCUT2D eigenvalue weighted by atomic mass is 10.2. The Morgan fingerprint density at radius 3 is 2.96 bits per heavy atom. The van der Waals surface area contributed by atoms with Crippen molar-refractivity contribution in [3.8, 4) is 11.5 Å². The van der Waals surface area contributed by atoms with E-state index in [0.717, 1.165) is 18.8 Å². The standard InChI is InChI=1S/C18H21N7O3/c1-24-9-13(14(23-24)10-25-4-6-27-7-5-25)21-17(26)15-11-28-18(22-15)12-2-3-20-16(19)8-12/h2-3,8-9,11H,4-7,10H2,1H3,(H2,19,20)(H,21,26). The normalized spacial score (nSPS) is 14.9. The summed E-state index contributed by atoms with van der Waals surface area (Å²) in [6.45, 7) is 3.73. The smallest absolute Gasteiger partial charge is 0.277 e. The predicted octanol–water partition coefficient (Wildman–Crippen LogP) is 1.14. The first kappa shape index (κ1) is 18.1. The molecule has 3 aromatic rings. The maximum absolute atomic E-state index is 12.6. The molecule has 0 spiro atoms. The van der Waals surface area contributed by atoms with Crippen LogP contribution in [0, 0.1) is 0 Å². The van der Waals surface area contributed by atoms with Gasteiger partial charge in [0, 0.05) is 44.6 Å². The minimum Gasteiger partial charge on any atom is -0.444 e. The third-order valence-electron chi connectivity index (χ3n) is 4.40. The molecule has 1 saturated heterocycles. The molecule has 10 heteroatoms. The molecule has 0 bridgehead atoms. The molecule has 1 amide bonds. The molecule has 28 heavy (non-hydrogen) atoms. The number of hydrogen-bond acceptors (Lipinski definition) is 8. The van der Waals surface area contributed by atoms with Crippen LogP contribution in [0.4, 0.5) is 11.5 Å². The number of rotatable bonds is 5. The lowest BCUT2D eigenvalue weighted by Gasteiger charge is -2.26. The van der Waals surface area contributed by atoms with Gasteiger partial charge in [0.1, 0.15) is 12.1 Å². The second kappa shape index (κ2) is 7.79. The highest BCUT2D eigenvalue weighted by Gasteiger charge is 2.19. The summed E-state index contributed by atoms with van der Waals surface area (Å²) in [7, 11) is 1.82. The van der Waals surface area contributed by atoms with Crippen molar-refractivity contribution < 1.29 is 13.9 Å². The zero-order valence-corrected chi connectivity index (χ0v) is 15.5. The van der Waals surface area contributed by atoms with E-state index in [0.29, 0.717) is 42.7 Å². The van der Waals surface area contributed by atoms with Gasteiger partial charge < -0.3 is 20.2 Å². The quantitative estimate of drug-likeness (QED) is 0.672. The van der Waals surface area contributed by atoms with Crippen LogP contribution < -0.4 is 11.1 Å². The lowest BCUT2D eigenvalue weighted by molar-refractivity contribution is 0.0336. The highest BCUT2D eigenvalue weighted by molar-refractivity contribution is 6.03. The van der Waals surface area contributed by atoms with E-state index in [1.807, 2.05) is 7.05 Å². The molecule has 0 aliphatic carbocycles. The Kier molecular flexibility index (Phi) is 5.04. The number of ether oxygens (including phenoxy) is 1. The largest absolute Gasteiger partial charge is 0.444 e. The van der Waals surface area contributed by atoms with Gasteiger partial charge in [-0.2, -0.15) is 5.10 Å². The molecule has 1 fully saturated rings. The van der Waals surface area contributed by atoms with E-state index in [1.54, 1.807) is 29.2 Å². The summed E-state index contributed by atoms with van der Waals surface area (Å²) in [5.74, 6) is 0.289. The molecule has 4 heterocycles. The van der Waals surface area contributed by atoms with E-state index < -0.39 is 0 Å². The van der Waals surface area contributed by atoms with Gasteiger partial charge in [0.25, 0.3) is 5.91 Å².